The van der Waals surface area contributed by atoms with Gasteiger partial charge in [-0.3, -0.25) is 9.89 Å². The van der Waals surface area contributed by atoms with Crippen molar-refractivity contribution in [1.82, 2.24) is 15.1 Å². The van der Waals surface area contributed by atoms with Crippen molar-refractivity contribution in [3.05, 3.63) is 47.3 Å². The second-order valence-corrected chi connectivity index (χ2v) is 5.55. The van der Waals surface area contributed by atoms with Crippen LogP contribution in [0, 0.1) is 6.92 Å². The number of nitrogens with one attached hydrogen (secondary N) is 1. The molecule has 3 rings (SSSR count). The molecule has 1 aliphatic rings. The molecule has 0 saturated carbocycles. The largest absolute Gasteiger partial charge is 0.497 e. The average Bonchev–Trinajstić information content (AvgIpc) is 3.12. The van der Waals surface area contributed by atoms with Gasteiger partial charge in [0, 0.05) is 12.2 Å². The molecule has 1 saturated heterocycles. The highest BCUT2D eigenvalue weighted by molar-refractivity contribution is 5.95. The number of H-pyrrole nitrogens is 1. The number of amides is 1. The summed E-state index contributed by atoms with van der Waals surface area (Å²) in [6.45, 7) is 2.14. The van der Waals surface area contributed by atoms with Gasteiger partial charge in [0.2, 0.25) is 0 Å². The van der Waals surface area contributed by atoms with Crippen LogP contribution in [0.5, 0.6) is 5.75 Å². The summed E-state index contributed by atoms with van der Waals surface area (Å²) in [7, 11) is 1.61. The van der Waals surface area contributed by atoms with E-state index < -0.39 is 6.10 Å². The Kier molecular flexibility index (Phi) is 3.85. The molecule has 2 aromatic rings. The van der Waals surface area contributed by atoms with Crippen LogP contribution < -0.4 is 4.74 Å². The third-order valence-electron chi connectivity index (χ3n) is 4.08. The smallest absolute Gasteiger partial charge is 0.257 e. The maximum atomic E-state index is 12.7. The summed E-state index contributed by atoms with van der Waals surface area (Å²) in [4.78, 5) is 14.4. The van der Waals surface area contributed by atoms with Gasteiger partial charge >= 0.3 is 0 Å². The topological polar surface area (TPSA) is 78.5 Å². The van der Waals surface area contributed by atoms with E-state index in [1.54, 1.807) is 12.0 Å². The lowest BCUT2D eigenvalue weighted by Crippen LogP contribution is -2.32. The Morgan fingerprint density at radius 3 is 3.00 bits per heavy atom. The predicted octanol–water partition coefficient (Wildman–Crippen LogP) is 1.67. The molecule has 0 spiro atoms. The highest BCUT2D eigenvalue weighted by Crippen LogP contribution is 2.34. The van der Waals surface area contributed by atoms with E-state index in [1.807, 2.05) is 31.2 Å². The van der Waals surface area contributed by atoms with Crippen LogP contribution in [0.1, 0.15) is 34.1 Å². The summed E-state index contributed by atoms with van der Waals surface area (Å²) in [5, 5.41) is 16.7. The number of aliphatic hydroxyl groups is 1. The summed E-state index contributed by atoms with van der Waals surface area (Å²) in [5.74, 6) is 0.626. The maximum absolute atomic E-state index is 12.7. The predicted molar refractivity (Wildman–Crippen MR) is 80.7 cm³/mol. The van der Waals surface area contributed by atoms with Gasteiger partial charge in [0.15, 0.2) is 0 Å². The van der Waals surface area contributed by atoms with E-state index in [2.05, 4.69) is 10.2 Å². The van der Waals surface area contributed by atoms with Crippen LogP contribution in [0.4, 0.5) is 0 Å². The normalized spacial score (nSPS) is 21.1. The fourth-order valence-electron chi connectivity index (χ4n) is 2.92. The first-order valence-corrected chi connectivity index (χ1v) is 7.23. The number of carbonyl (C=O) groups excluding carboxylic acids is 1. The van der Waals surface area contributed by atoms with Gasteiger partial charge in [-0.05, 0) is 31.0 Å². The Hall–Kier alpha value is -2.34. The summed E-state index contributed by atoms with van der Waals surface area (Å²) in [6, 6.07) is 7.46. The van der Waals surface area contributed by atoms with Crippen molar-refractivity contribution in [3.8, 4) is 5.75 Å². The first kappa shape index (κ1) is 14.6. The number of ether oxygens (including phenoxy) is 1. The highest BCUT2D eigenvalue weighted by Gasteiger charge is 2.36. The number of hydrogen-bond acceptors (Lipinski definition) is 4. The number of likely N-dealkylation sites (tertiary alicyclic amines) is 1. The van der Waals surface area contributed by atoms with Crippen molar-refractivity contribution in [3.63, 3.8) is 0 Å². The standard InChI is InChI=1S/C16H19N3O3/c1-10-14(8-17-18-10)16(21)19-9-12(20)7-15(19)11-4-3-5-13(6-11)22-2/h3-6,8,12,15,20H,7,9H2,1-2H3,(H,17,18)/t12-,15-/m0/s1. The summed E-state index contributed by atoms with van der Waals surface area (Å²) < 4.78 is 5.25. The zero-order valence-electron chi connectivity index (χ0n) is 12.6. The zero-order valence-corrected chi connectivity index (χ0v) is 12.6. The van der Waals surface area contributed by atoms with E-state index in [4.69, 9.17) is 4.74 Å². The van der Waals surface area contributed by atoms with Crippen LogP contribution in [0.3, 0.4) is 0 Å². The maximum Gasteiger partial charge on any atom is 0.257 e. The van der Waals surface area contributed by atoms with E-state index in [9.17, 15) is 9.90 Å². The van der Waals surface area contributed by atoms with E-state index in [0.29, 0.717) is 18.5 Å². The monoisotopic (exact) mass is 301 g/mol. The molecule has 2 atom stereocenters. The molecular formula is C16H19N3O3. The molecule has 1 fully saturated rings. The molecular weight excluding hydrogens is 282 g/mol. The minimum absolute atomic E-state index is 0.115. The Balaban J connectivity index is 1.92. The number of nitrogens with zero attached hydrogens (tertiary/aromatic N) is 2. The SMILES string of the molecule is COc1cccc([C@@H]2C[C@H](O)CN2C(=O)c2cn[nH]c2C)c1. The summed E-state index contributed by atoms with van der Waals surface area (Å²) >= 11 is 0. The molecule has 6 heteroatoms. The van der Waals surface area contributed by atoms with Crippen molar-refractivity contribution in [2.45, 2.75) is 25.5 Å². The molecule has 0 aliphatic carbocycles. The number of aryl methyl sites for hydroxylation is 1. The first-order valence-electron chi connectivity index (χ1n) is 7.23. The average molecular weight is 301 g/mol. The van der Waals surface area contributed by atoms with Gasteiger partial charge in [0.25, 0.3) is 5.91 Å². The molecule has 116 valence electrons. The van der Waals surface area contributed by atoms with E-state index in [1.165, 1.54) is 6.20 Å². The fourth-order valence-corrected chi connectivity index (χ4v) is 2.92. The molecule has 22 heavy (non-hydrogen) atoms. The van der Waals surface area contributed by atoms with Crippen molar-refractivity contribution >= 4 is 5.91 Å². The molecule has 2 N–H and O–H groups in total. The molecule has 1 aromatic carbocycles. The molecule has 1 aromatic heterocycles. The Morgan fingerprint density at radius 1 is 1.50 bits per heavy atom. The number of β-amino-alcohol motifs (C(OH)–C–C–N with tert-alkyl or cyclic N) is 1. The van der Waals surface area contributed by atoms with Crippen molar-refractivity contribution in [2.24, 2.45) is 0 Å². The number of benzene rings is 1. The summed E-state index contributed by atoms with van der Waals surface area (Å²) in [6.07, 6.45) is 1.54. The number of carbonyl (C=O) groups is 1. The van der Waals surface area contributed by atoms with E-state index >= 15 is 0 Å². The van der Waals surface area contributed by atoms with Crippen LogP contribution in [0.25, 0.3) is 0 Å². The highest BCUT2D eigenvalue weighted by atomic mass is 16.5. The minimum atomic E-state index is -0.521. The number of methoxy groups -OCH3 is 1. The molecule has 0 unspecified atom stereocenters. The van der Waals surface area contributed by atoms with Crippen LogP contribution in [-0.2, 0) is 0 Å². The lowest BCUT2D eigenvalue weighted by molar-refractivity contribution is 0.0715. The molecule has 0 bridgehead atoms. The van der Waals surface area contributed by atoms with Crippen molar-refractivity contribution in [1.29, 1.82) is 0 Å². The number of rotatable bonds is 3. The molecule has 2 heterocycles. The minimum Gasteiger partial charge on any atom is -0.497 e. The van der Waals surface area contributed by atoms with Gasteiger partial charge in [0.05, 0.1) is 31.0 Å². The van der Waals surface area contributed by atoms with E-state index in [-0.39, 0.29) is 11.9 Å². The number of aromatic nitrogens is 2. The van der Waals surface area contributed by atoms with Gasteiger partial charge in [0.1, 0.15) is 5.75 Å². The van der Waals surface area contributed by atoms with Crippen LogP contribution in [0.2, 0.25) is 0 Å². The van der Waals surface area contributed by atoms with Gasteiger partial charge in [-0.2, -0.15) is 5.10 Å². The molecule has 1 aliphatic heterocycles. The lowest BCUT2D eigenvalue weighted by Gasteiger charge is -2.25. The van der Waals surface area contributed by atoms with Gasteiger partial charge in [-0.15, -0.1) is 0 Å². The Bertz CT molecular complexity index is 683. The Labute approximate surface area is 128 Å². The third kappa shape index (κ3) is 2.57. The van der Waals surface area contributed by atoms with Gasteiger partial charge in [-0.25, -0.2) is 0 Å². The Morgan fingerprint density at radius 2 is 2.32 bits per heavy atom. The van der Waals surface area contributed by atoms with Crippen LogP contribution in [0.15, 0.2) is 30.5 Å². The molecule has 6 nitrogen and oxygen atoms in total. The summed E-state index contributed by atoms with van der Waals surface area (Å²) in [5.41, 5.74) is 2.24. The van der Waals surface area contributed by atoms with Crippen molar-refractivity contribution in [2.75, 3.05) is 13.7 Å². The quantitative estimate of drug-likeness (QED) is 0.904. The number of aromatic amines is 1. The second-order valence-electron chi connectivity index (χ2n) is 5.55. The zero-order chi connectivity index (χ0) is 15.7. The number of aliphatic hydroxyl groups excluding tert-OH is 1. The van der Waals surface area contributed by atoms with Crippen molar-refractivity contribution < 1.29 is 14.6 Å². The third-order valence-corrected chi connectivity index (χ3v) is 4.08. The number of hydrogen-bond donors (Lipinski definition) is 2. The van der Waals surface area contributed by atoms with E-state index in [0.717, 1.165) is 17.0 Å². The van der Waals surface area contributed by atoms with Gasteiger partial charge < -0.3 is 14.7 Å². The van der Waals surface area contributed by atoms with Crippen LogP contribution >= 0.6 is 0 Å². The second kappa shape index (κ2) is 5.81. The fraction of sp³-hybridized carbons (Fsp3) is 0.375. The first-order chi connectivity index (χ1) is 10.6. The lowest BCUT2D eigenvalue weighted by atomic mass is 10.0. The van der Waals surface area contributed by atoms with Crippen LogP contribution in [-0.4, -0.2) is 45.9 Å². The van der Waals surface area contributed by atoms with Gasteiger partial charge in [-0.1, -0.05) is 12.1 Å². The molecule has 0 radical (unpaired) electrons. The molecule has 1 amide bonds.